The minimum Gasteiger partial charge on any atom is -0.497 e. The van der Waals surface area contributed by atoms with Crippen molar-refractivity contribution in [2.24, 2.45) is 0 Å². The van der Waals surface area contributed by atoms with Crippen LogP contribution in [0.5, 0.6) is 5.75 Å². The number of rotatable bonds is 8. The summed E-state index contributed by atoms with van der Waals surface area (Å²) in [7, 11) is 1.66. The van der Waals surface area contributed by atoms with Crippen LogP contribution in [0.2, 0.25) is 0 Å². The smallest absolute Gasteiger partial charge is 0.253 e. The lowest BCUT2D eigenvalue weighted by Crippen LogP contribution is -2.37. The normalized spacial score (nSPS) is 12.7. The number of hydrogen-bond donors (Lipinski definition) is 1. The lowest BCUT2D eigenvalue weighted by molar-refractivity contribution is 0.184. The van der Waals surface area contributed by atoms with Gasteiger partial charge in [0, 0.05) is 18.7 Å². The Morgan fingerprint density at radius 1 is 0.950 bits per heavy atom. The van der Waals surface area contributed by atoms with Crippen LogP contribution in [0.25, 0.3) is 10.9 Å². The molecule has 206 valence electrons. The van der Waals surface area contributed by atoms with Gasteiger partial charge >= 0.3 is 0 Å². The van der Waals surface area contributed by atoms with Crippen LogP contribution in [0.3, 0.4) is 0 Å². The van der Waals surface area contributed by atoms with Crippen molar-refractivity contribution < 1.29 is 4.74 Å². The molecule has 40 heavy (non-hydrogen) atoms. The van der Waals surface area contributed by atoms with Gasteiger partial charge in [-0.3, -0.25) is 9.69 Å². The first-order valence-corrected chi connectivity index (χ1v) is 13.5. The highest BCUT2D eigenvalue weighted by Crippen LogP contribution is 2.32. The van der Waals surface area contributed by atoms with Gasteiger partial charge in [-0.1, -0.05) is 54.1 Å². The number of aromatic nitrogens is 5. The molecule has 5 aromatic rings. The highest BCUT2D eigenvalue weighted by atomic mass is 16.5. The van der Waals surface area contributed by atoms with E-state index in [1.165, 1.54) is 0 Å². The minimum atomic E-state index is -0.523. The van der Waals surface area contributed by atoms with Gasteiger partial charge in [-0.05, 0) is 91.4 Å². The van der Waals surface area contributed by atoms with Crippen LogP contribution in [0.15, 0.2) is 77.6 Å². The molecule has 0 spiro atoms. The number of ether oxygens (including phenoxy) is 1. The average Bonchev–Trinajstić information content (AvgIpc) is 3.41. The standard InChI is InChI=1S/C32H36N6O2/c1-21-16-22(2)28-25(17-21)18-27(31(39)33-28)29(30-34-35-36-38(30)32(3,4)5)37(19-23-10-8-7-9-11-23)20-24-12-14-26(40-6)15-13-24/h7-18,29H,19-20H2,1-6H3,(H,33,39). The van der Waals surface area contributed by atoms with Gasteiger partial charge in [-0.15, -0.1) is 5.10 Å². The second-order valence-electron chi connectivity index (χ2n) is 11.4. The summed E-state index contributed by atoms with van der Waals surface area (Å²) in [6.07, 6.45) is 0. The molecule has 0 aliphatic carbocycles. The Hall–Kier alpha value is -4.30. The predicted molar refractivity (Wildman–Crippen MR) is 157 cm³/mol. The number of aromatic amines is 1. The summed E-state index contributed by atoms with van der Waals surface area (Å²) in [6.45, 7) is 11.4. The monoisotopic (exact) mass is 536 g/mol. The van der Waals surface area contributed by atoms with Gasteiger partial charge in [-0.25, -0.2) is 4.68 Å². The summed E-state index contributed by atoms with van der Waals surface area (Å²) in [5, 5.41) is 14.0. The highest BCUT2D eigenvalue weighted by molar-refractivity contribution is 5.83. The van der Waals surface area contributed by atoms with E-state index < -0.39 is 11.6 Å². The number of nitrogens with one attached hydrogen (secondary N) is 1. The fourth-order valence-corrected chi connectivity index (χ4v) is 5.27. The lowest BCUT2D eigenvalue weighted by Gasteiger charge is -2.33. The summed E-state index contributed by atoms with van der Waals surface area (Å²) in [5.41, 5.74) is 5.28. The van der Waals surface area contributed by atoms with E-state index >= 15 is 0 Å². The first-order valence-electron chi connectivity index (χ1n) is 13.5. The molecule has 1 unspecified atom stereocenters. The average molecular weight is 537 g/mol. The Balaban J connectivity index is 1.73. The number of methoxy groups -OCH3 is 1. The van der Waals surface area contributed by atoms with Crippen LogP contribution in [-0.4, -0.2) is 37.2 Å². The Morgan fingerprint density at radius 3 is 2.27 bits per heavy atom. The Kier molecular flexibility index (Phi) is 7.54. The third kappa shape index (κ3) is 5.67. The maximum absolute atomic E-state index is 13.9. The van der Waals surface area contributed by atoms with Gasteiger partial charge in [0.15, 0.2) is 5.82 Å². The molecule has 0 saturated carbocycles. The quantitative estimate of drug-likeness (QED) is 0.274. The minimum absolute atomic E-state index is 0.152. The van der Waals surface area contributed by atoms with Crippen LogP contribution in [-0.2, 0) is 18.6 Å². The molecule has 8 nitrogen and oxygen atoms in total. The van der Waals surface area contributed by atoms with E-state index in [4.69, 9.17) is 4.74 Å². The number of tetrazole rings is 1. The maximum Gasteiger partial charge on any atom is 0.253 e. The number of hydrogen-bond acceptors (Lipinski definition) is 6. The number of benzene rings is 3. The van der Waals surface area contributed by atoms with E-state index in [1.54, 1.807) is 7.11 Å². The van der Waals surface area contributed by atoms with Gasteiger partial charge in [0.1, 0.15) is 11.8 Å². The zero-order valence-electron chi connectivity index (χ0n) is 24.0. The number of fused-ring (bicyclic) bond motifs is 1. The molecule has 0 saturated heterocycles. The summed E-state index contributed by atoms with van der Waals surface area (Å²) in [5.74, 6) is 1.41. The van der Waals surface area contributed by atoms with E-state index in [2.05, 4.69) is 89.5 Å². The Morgan fingerprint density at radius 2 is 1.62 bits per heavy atom. The summed E-state index contributed by atoms with van der Waals surface area (Å²) in [4.78, 5) is 19.3. The van der Waals surface area contributed by atoms with Crippen molar-refractivity contribution in [3.05, 3.63) is 117 Å². The van der Waals surface area contributed by atoms with Gasteiger partial charge in [0.25, 0.3) is 5.56 Å². The molecule has 5 rings (SSSR count). The molecule has 0 aliphatic heterocycles. The maximum atomic E-state index is 13.9. The molecular weight excluding hydrogens is 500 g/mol. The number of aryl methyl sites for hydroxylation is 2. The van der Waals surface area contributed by atoms with Crippen molar-refractivity contribution >= 4 is 10.9 Å². The molecule has 0 amide bonds. The zero-order chi connectivity index (χ0) is 28.4. The van der Waals surface area contributed by atoms with E-state index in [-0.39, 0.29) is 5.56 Å². The fourth-order valence-electron chi connectivity index (χ4n) is 5.27. The topological polar surface area (TPSA) is 88.9 Å². The molecule has 1 N–H and O–H groups in total. The van der Waals surface area contributed by atoms with Crippen LogP contribution in [0.1, 0.15) is 60.5 Å². The molecule has 8 heteroatoms. The third-order valence-corrected chi connectivity index (χ3v) is 7.13. The lowest BCUT2D eigenvalue weighted by atomic mass is 9.98. The summed E-state index contributed by atoms with van der Waals surface area (Å²) < 4.78 is 7.21. The fraction of sp³-hybridized carbons (Fsp3) is 0.312. The van der Waals surface area contributed by atoms with Crippen LogP contribution in [0.4, 0.5) is 0 Å². The predicted octanol–water partition coefficient (Wildman–Crippen LogP) is 5.69. The molecule has 1 atom stereocenters. The van der Waals surface area contributed by atoms with E-state index in [1.807, 2.05) is 48.0 Å². The molecule has 0 aliphatic rings. The summed E-state index contributed by atoms with van der Waals surface area (Å²) >= 11 is 0. The van der Waals surface area contributed by atoms with E-state index in [0.717, 1.165) is 38.9 Å². The Bertz CT molecular complexity index is 1670. The second-order valence-corrected chi connectivity index (χ2v) is 11.4. The van der Waals surface area contributed by atoms with Crippen molar-refractivity contribution in [3.63, 3.8) is 0 Å². The molecular formula is C32H36N6O2. The zero-order valence-corrected chi connectivity index (χ0v) is 24.0. The van der Waals surface area contributed by atoms with Gasteiger partial charge in [0.05, 0.1) is 18.2 Å². The second kappa shape index (κ2) is 11.1. The Labute approximate surface area is 234 Å². The molecule has 0 fully saturated rings. The molecule has 0 bridgehead atoms. The number of H-pyrrole nitrogens is 1. The first kappa shape index (κ1) is 27.3. The number of pyridine rings is 1. The molecule has 3 aromatic carbocycles. The van der Waals surface area contributed by atoms with Crippen molar-refractivity contribution in [1.82, 2.24) is 30.1 Å². The van der Waals surface area contributed by atoms with Crippen molar-refractivity contribution in [3.8, 4) is 5.75 Å². The van der Waals surface area contributed by atoms with E-state index in [0.29, 0.717) is 24.5 Å². The largest absolute Gasteiger partial charge is 0.497 e. The van der Waals surface area contributed by atoms with Crippen LogP contribution >= 0.6 is 0 Å². The summed E-state index contributed by atoms with van der Waals surface area (Å²) in [6, 6.07) is 24.0. The van der Waals surface area contributed by atoms with Crippen LogP contribution in [0, 0.1) is 13.8 Å². The SMILES string of the molecule is COc1ccc(CN(Cc2ccccc2)C(c2cc3cc(C)cc(C)c3[nH]c2=O)c2nnnn2C(C)(C)C)cc1. The van der Waals surface area contributed by atoms with Gasteiger partial charge in [-0.2, -0.15) is 0 Å². The van der Waals surface area contributed by atoms with Crippen molar-refractivity contribution in [1.29, 1.82) is 0 Å². The van der Waals surface area contributed by atoms with Gasteiger partial charge < -0.3 is 9.72 Å². The van der Waals surface area contributed by atoms with E-state index in [9.17, 15) is 4.79 Å². The van der Waals surface area contributed by atoms with Crippen molar-refractivity contribution in [2.75, 3.05) is 7.11 Å². The molecule has 0 radical (unpaired) electrons. The van der Waals surface area contributed by atoms with Crippen molar-refractivity contribution in [2.45, 2.75) is 59.3 Å². The molecule has 2 heterocycles. The first-order chi connectivity index (χ1) is 19.1. The molecule has 2 aromatic heterocycles. The highest BCUT2D eigenvalue weighted by Gasteiger charge is 2.33. The third-order valence-electron chi connectivity index (χ3n) is 7.13. The van der Waals surface area contributed by atoms with Crippen LogP contribution < -0.4 is 10.3 Å². The number of nitrogens with zero attached hydrogens (tertiary/aromatic N) is 5. The van der Waals surface area contributed by atoms with Gasteiger partial charge in [0.2, 0.25) is 0 Å².